The number of anilines is 1. The minimum absolute atomic E-state index is 0.0514. The number of amides is 1. The van der Waals surface area contributed by atoms with Gasteiger partial charge in [-0.15, -0.1) is 9.83 Å². The quantitative estimate of drug-likeness (QED) is 0.145. The van der Waals surface area contributed by atoms with E-state index in [9.17, 15) is 14.4 Å². The third-order valence-corrected chi connectivity index (χ3v) is 8.31. The average Bonchev–Trinajstić information content (AvgIpc) is 3.26. The highest BCUT2D eigenvalue weighted by Crippen LogP contribution is 2.23. The normalized spacial score (nSPS) is 14.4. The van der Waals surface area contributed by atoms with Gasteiger partial charge in [0.15, 0.2) is 0 Å². The fourth-order valence-corrected chi connectivity index (χ4v) is 5.33. The zero-order chi connectivity index (χ0) is 30.4. The molecule has 0 spiro atoms. The summed E-state index contributed by atoms with van der Waals surface area (Å²) in [4.78, 5) is 52.5. The average molecular weight is 660 g/mol. The van der Waals surface area contributed by atoms with Crippen LogP contribution in [0.15, 0.2) is 9.53 Å². The third-order valence-electron chi connectivity index (χ3n) is 6.27. The lowest BCUT2D eigenvalue weighted by molar-refractivity contribution is -0.143. The van der Waals surface area contributed by atoms with Crippen molar-refractivity contribution in [2.24, 2.45) is 0 Å². The second-order valence-corrected chi connectivity index (χ2v) is 18.4. The summed E-state index contributed by atoms with van der Waals surface area (Å²) in [5.41, 5.74) is -0.0425. The van der Waals surface area contributed by atoms with Gasteiger partial charge in [-0.05, 0) is 62.5 Å². The lowest BCUT2D eigenvalue weighted by atomic mass is 10.1. The van der Waals surface area contributed by atoms with Gasteiger partial charge in [-0.25, -0.2) is 4.79 Å². The van der Waals surface area contributed by atoms with Crippen LogP contribution in [-0.4, -0.2) is 96.2 Å². The molecule has 0 bridgehead atoms. The topological polar surface area (TPSA) is 130 Å². The van der Waals surface area contributed by atoms with E-state index in [1.807, 2.05) is 25.7 Å². The molecule has 0 aromatic carbocycles. The molecule has 41 heavy (non-hydrogen) atoms. The molecule has 0 radical (unpaired) electrons. The summed E-state index contributed by atoms with van der Waals surface area (Å²) in [6.45, 7) is 16.4. The van der Waals surface area contributed by atoms with Crippen molar-refractivity contribution < 1.29 is 28.6 Å². The smallest absolute Gasteiger partial charge is 0.410 e. The summed E-state index contributed by atoms with van der Waals surface area (Å²) in [5.74, 6) is -0.117. The van der Waals surface area contributed by atoms with Crippen molar-refractivity contribution in [3.8, 4) is 0 Å². The van der Waals surface area contributed by atoms with Crippen LogP contribution in [0.1, 0.15) is 46.2 Å². The lowest BCUT2D eigenvalue weighted by Crippen LogP contribution is -2.52. The molecule has 13 nitrogen and oxygen atoms in total. The van der Waals surface area contributed by atoms with Crippen molar-refractivity contribution in [2.45, 2.75) is 78.2 Å². The summed E-state index contributed by atoms with van der Waals surface area (Å²) in [6.07, 6.45) is 0.557. The number of carbonyl (C=O) groups is 2. The molecule has 1 fully saturated rings. The number of hydrogen-bond donors (Lipinski definition) is 0. The minimum atomic E-state index is -1.29. The van der Waals surface area contributed by atoms with E-state index in [0.717, 1.165) is 6.04 Å². The number of carbonyl (C=O) groups excluding carboxylic acids is 2. The number of aromatic nitrogens is 4. The fourth-order valence-electron chi connectivity index (χ4n) is 4.26. The number of fused-ring (bicyclic) bond motifs is 1. The molecule has 1 aliphatic rings. The first kappa shape index (κ1) is 32.9. The largest absolute Gasteiger partial charge is 0.466 e. The van der Waals surface area contributed by atoms with Crippen LogP contribution < -0.4 is 15.3 Å². The first-order valence-electron chi connectivity index (χ1n) is 14.0. The number of esters is 1. The Bertz CT molecular complexity index is 1260. The summed E-state index contributed by atoms with van der Waals surface area (Å²) >= 11 is 3.28. The molecule has 0 atom stereocenters. The molecule has 0 unspecified atom stereocenters. The van der Waals surface area contributed by atoms with Gasteiger partial charge >= 0.3 is 12.1 Å². The Kier molecular flexibility index (Phi) is 11.2. The molecule has 3 rings (SSSR count). The van der Waals surface area contributed by atoms with Crippen LogP contribution in [0.4, 0.5) is 10.5 Å². The van der Waals surface area contributed by atoms with E-state index < -0.39 is 19.8 Å². The second kappa shape index (κ2) is 14.0. The molecule has 2 aromatic rings. The SMILES string of the molecule is CCOC(=O)CCCc1c(N2CCN(C(=O)OC(C)(C)C)CC2)c(=O)n2nc(Br)nc2n1OCOCC[Si](C)(C)C. The Morgan fingerprint density at radius 1 is 1.10 bits per heavy atom. The summed E-state index contributed by atoms with van der Waals surface area (Å²) in [5, 5.41) is 4.25. The number of rotatable bonds is 12. The van der Waals surface area contributed by atoms with Gasteiger partial charge in [0.25, 0.3) is 11.3 Å². The van der Waals surface area contributed by atoms with Crippen LogP contribution in [-0.2, 0) is 25.4 Å². The number of ether oxygens (including phenoxy) is 3. The maximum absolute atomic E-state index is 13.8. The molecule has 2 aromatic heterocycles. The lowest BCUT2D eigenvalue weighted by Gasteiger charge is -2.37. The molecule has 3 heterocycles. The second-order valence-electron chi connectivity index (χ2n) is 12.1. The van der Waals surface area contributed by atoms with Crippen molar-refractivity contribution in [1.82, 2.24) is 24.2 Å². The van der Waals surface area contributed by atoms with Gasteiger partial charge in [0.1, 0.15) is 11.3 Å². The maximum atomic E-state index is 13.8. The van der Waals surface area contributed by atoms with Gasteiger partial charge in [0.05, 0.1) is 12.3 Å². The zero-order valence-corrected chi connectivity index (χ0v) is 27.8. The van der Waals surface area contributed by atoms with Crippen LogP contribution in [0.25, 0.3) is 5.78 Å². The van der Waals surface area contributed by atoms with Crippen molar-refractivity contribution in [1.29, 1.82) is 0 Å². The third kappa shape index (κ3) is 9.43. The Morgan fingerprint density at radius 2 is 1.78 bits per heavy atom. The van der Waals surface area contributed by atoms with E-state index in [4.69, 9.17) is 19.0 Å². The van der Waals surface area contributed by atoms with Gasteiger partial charge < -0.3 is 28.8 Å². The highest BCUT2D eigenvalue weighted by Gasteiger charge is 2.31. The van der Waals surface area contributed by atoms with E-state index in [0.29, 0.717) is 63.6 Å². The standard InChI is InChI=1S/C26H43BrN6O7Si/c1-8-38-20(34)11-9-10-19-21(30-12-14-31(15-13-30)25(36)40-26(2,3)4)22(35)32-24(28-23(27)29-32)33(19)39-18-37-16-17-41(5,6)7/h8-18H2,1-7H3. The predicted octanol–water partition coefficient (Wildman–Crippen LogP) is 3.34. The summed E-state index contributed by atoms with van der Waals surface area (Å²) in [7, 11) is -1.29. The van der Waals surface area contributed by atoms with Crippen LogP contribution in [0.3, 0.4) is 0 Å². The van der Waals surface area contributed by atoms with Crippen LogP contribution >= 0.6 is 15.9 Å². The van der Waals surface area contributed by atoms with E-state index in [-0.39, 0.29) is 35.3 Å². The number of hydrogen-bond acceptors (Lipinski definition) is 10. The van der Waals surface area contributed by atoms with E-state index >= 15 is 0 Å². The first-order chi connectivity index (χ1) is 19.2. The fraction of sp³-hybridized carbons (Fsp3) is 0.731. The van der Waals surface area contributed by atoms with E-state index in [2.05, 4.69) is 45.7 Å². The summed E-state index contributed by atoms with van der Waals surface area (Å²) < 4.78 is 19.3. The maximum Gasteiger partial charge on any atom is 0.410 e. The minimum Gasteiger partial charge on any atom is -0.466 e. The van der Waals surface area contributed by atoms with Crippen LogP contribution in [0.5, 0.6) is 0 Å². The van der Waals surface area contributed by atoms with Gasteiger partial charge in [-0.1, -0.05) is 19.6 Å². The monoisotopic (exact) mass is 658 g/mol. The Morgan fingerprint density at radius 3 is 2.39 bits per heavy atom. The highest BCUT2D eigenvalue weighted by molar-refractivity contribution is 9.10. The van der Waals surface area contributed by atoms with Gasteiger partial charge in [0.2, 0.25) is 11.5 Å². The van der Waals surface area contributed by atoms with Crippen molar-refractivity contribution in [3.05, 3.63) is 20.8 Å². The van der Waals surface area contributed by atoms with E-state index in [1.165, 1.54) is 9.25 Å². The Hall–Kier alpha value is -2.65. The molecule has 230 valence electrons. The number of nitrogens with zero attached hydrogens (tertiary/aromatic N) is 6. The Balaban J connectivity index is 1.93. The molecule has 1 saturated heterocycles. The Labute approximate surface area is 250 Å². The molecular weight excluding hydrogens is 616 g/mol. The number of piperazine rings is 1. The van der Waals surface area contributed by atoms with Crippen LogP contribution in [0.2, 0.25) is 25.7 Å². The van der Waals surface area contributed by atoms with Gasteiger partial charge in [-0.3, -0.25) is 9.59 Å². The number of halogens is 1. The first-order valence-corrected chi connectivity index (χ1v) is 18.5. The van der Waals surface area contributed by atoms with E-state index in [1.54, 1.807) is 11.8 Å². The van der Waals surface area contributed by atoms with Gasteiger partial charge in [-0.2, -0.15) is 9.50 Å². The molecular formula is C26H43BrN6O7Si. The summed E-state index contributed by atoms with van der Waals surface area (Å²) in [6, 6.07) is 0.978. The van der Waals surface area contributed by atoms with Crippen molar-refractivity contribution in [3.63, 3.8) is 0 Å². The highest BCUT2D eigenvalue weighted by atomic mass is 79.9. The molecule has 0 saturated carbocycles. The molecule has 0 N–H and O–H groups in total. The van der Waals surface area contributed by atoms with Crippen molar-refractivity contribution in [2.75, 3.05) is 51.1 Å². The molecule has 15 heteroatoms. The zero-order valence-electron chi connectivity index (χ0n) is 25.2. The van der Waals surface area contributed by atoms with Crippen molar-refractivity contribution >= 4 is 47.5 Å². The van der Waals surface area contributed by atoms with Crippen LogP contribution in [0, 0.1) is 0 Å². The molecule has 1 amide bonds. The molecule has 1 aliphatic heterocycles. The molecule has 0 aliphatic carbocycles. The van der Waals surface area contributed by atoms with Gasteiger partial charge in [0, 0.05) is 47.3 Å². The predicted molar refractivity (Wildman–Crippen MR) is 160 cm³/mol.